The van der Waals surface area contributed by atoms with Crippen LogP contribution in [0.2, 0.25) is 0 Å². The predicted octanol–water partition coefficient (Wildman–Crippen LogP) is 9.23. The van der Waals surface area contributed by atoms with Gasteiger partial charge in [-0.3, -0.25) is 4.98 Å². The third kappa shape index (κ3) is 8.31. The first-order chi connectivity index (χ1) is 22.1. The number of allylic oxidation sites excluding steroid dienone is 17. The molecule has 1 heterocycles. The SMILES string of the molecule is C=C/C=C\C=C/C/C(CC)=c1\cccc\c1=c1/ncc(CC2=CCC=C(c3cccc(C4=CC=C(C)CC=C4)c3)C=C2)nc1=C. The van der Waals surface area contributed by atoms with Gasteiger partial charge in [0.15, 0.2) is 0 Å². The molecule has 0 radical (unpaired) electrons. The summed E-state index contributed by atoms with van der Waals surface area (Å²) in [5.41, 5.74) is 9.84. The molecule has 0 amide bonds. The van der Waals surface area contributed by atoms with Gasteiger partial charge in [0.25, 0.3) is 0 Å². The van der Waals surface area contributed by atoms with Crippen LogP contribution in [0.1, 0.15) is 56.4 Å². The summed E-state index contributed by atoms with van der Waals surface area (Å²) in [5.74, 6) is 0. The molecule has 2 aromatic carbocycles. The zero-order valence-corrected chi connectivity index (χ0v) is 26.5. The summed E-state index contributed by atoms with van der Waals surface area (Å²) < 4.78 is 0. The molecule has 1 aromatic heterocycles. The summed E-state index contributed by atoms with van der Waals surface area (Å²) >= 11 is 0. The van der Waals surface area contributed by atoms with Crippen molar-refractivity contribution in [1.82, 2.24) is 9.97 Å². The highest BCUT2D eigenvalue weighted by Crippen LogP contribution is 2.27. The molecule has 0 spiro atoms. The predicted molar refractivity (Wildman–Crippen MR) is 193 cm³/mol. The van der Waals surface area contributed by atoms with Gasteiger partial charge < -0.3 is 0 Å². The van der Waals surface area contributed by atoms with Crippen molar-refractivity contribution < 1.29 is 0 Å². The minimum absolute atomic E-state index is 0.709. The highest BCUT2D eigenvalue weighted by atomic mass is 14.8. The minimum Gasteiger partial charge on any atom is -0.252 e. The first kappa shape index (κ1) is 31.3. The molecule has 0 aliphatic heterocycles. The van der Waals surface area contributed by atoms with E-state index in [0.717, 1.165) is 41.9 Å². The average Bonchev–Trinajstić information content (AvgIpc) is 3.43. The summed E-state index contributed by atoms with van der Waals surface area (Å²) in [6.07, 6.45) is 34.3. The zero-order chi connectivity index (χ0) is 31.4. The van der Waals surface area contributed by atoms with E-state index in [9.17, 15) is 0 Å². The van der Waals surface area contributed by atoms with Crippen molar-refractivity contribution >= 4 is 23.3 Å². The first-order valence-corrected chi connectivity index (χ1v) is 15.8. The van der Waals surface area contributed by atoms with Gasteiger partial charge in [-0.05, 0) is 71.7 Å². The van der Waals surface area contributed by atoms with E-state index in [2.05, 4.69) is 136 Å². The van der Waals surface area contributed by atoms with E-state index in [1.807, 2.05) is 18.3 Å². The van der Waals surface area contributed by atoms with Crippen LogP contribution in [-0.2, 0) is 6.42 Å². The number of aromatic nitrogens is 2. The highest BCUT2D eigenvalue weighted by molar-refractivity contribution is 5.81. The standard InChI is InChI=1S/C43H42N2/c1-5-7-8-9-10-18-35(6-2)41-23-11-12-24-42(41)43-33(4)45-40(31-44-43)29-34-17-14-20-37(28-26-34)39-22-15-21-38(30-39)36-19-13-16-32(3)25-27-36/h5,7-13,15,17,19-28,30-31H,1,4,6,14,16,18,29H2,2-3H3/b8-7-,10-9-,41-35+,43-42+. The van der Waals surface area contributed by atoms with E-state index in [1.54, 1.807) is 6.08 Å². The van der Waals surface area contributed by atoms with Crippen LogP contribution in [0, 0.1) is 10.6 Å². The lowest BCUT2D eigenvalue weighted by Crippen LogP contribution is -2.17. The maximum Gasteiger partial charge on any atom is 0.0959 e. The topological polar surface area (TPSA) is 25.8 Å². The highest BCUT2D eigenvalue weighted by Gasteiger charge is 2.07. The Labute approximate surface area is 268 Å². The van der Waals surface area contributed by atoms with Crippen LogP contribution in [0.5, 0.6) is 0 Å². The zero-order valence-electron chi connectivity index (χ0n) is 26.5. The van der Waals surface area contributed by atoms with E-state index in [1.165, 1.54) is 44.2 Å². The number of rotatable bonds is 9. The van der Waals surface area contributed by atoms with Crippen molar-refractivity contribution in [3.05, 3.63) is 189 Å². The molecule has 0 atom stereocenters. The van der Waals surface area contributed by atoms with Crippen LogP contribution in [0.4, 0.5) is 0 Å². The van der Waals surface area contributed by atoms with Crippen LogP contribution >= 0.6 is 0 Å². The molecule has 0 saturated carbocycles. The largest absolute Gasteiger partial charge is 0.252 e. The smallest absolute Gasteiger partial charge is 0.0959 e. The monoisotopic (exact) mass is 586 g/mol. The van der Waals surface area contributed by atoms with E-state index in [-0.39, 0.29) is 0 Å². The van der Waals surface area contributed by atoms with Crippen LogP contribution in [0.25, 0.3) is 23.3 Å². The number of benzene rings is 2. The molecule has 2 heteroatoms. The lowest BCUT2D eigenvalue weighted by Gasteiger charge is -2.07. The van der Waals surface area contributed by atoms with E-state index < -0.39 is 0 Å². The molecule has 0 unspecified atom stereocenters. The average molecular weight is 587 g/mol. The molecule has 5 rings (SSSR count). The third-order valence-electron chi connectivity index (χ3n) is 8.14. The Morgan fingerprint density at radius 3 is 2.58 bits per heavy atom. The molecular formula is C43H42N2. The quantitative estimate of drug-likeness (QED) is 0.234. The first-order valence-electron chi connectivity index (χ1n) is 15.8. The van der Waals surface area contributed by atoms with Gasteiger partial charge in [-0.15, -0.1) is 0 Å². The minimum atomic E-state index is 0.709. The molecule has 2 aliphatic carbocycles. The van der Waals surface area contributed by atoms with Crippen LogP contribution in [0.3, 0.4) is 0 Å². The van der Waals surface area contributed by atoms with Gasteiger partial charge in [0.2, 0.25) is 0 Å². The van der Waals surface area contributed by atoms with Crippen molar-refractivity contribution in [2.24, 2.45) is 0 Å². The van der Waals surface area contributed by atoms with Crippen LogP contribution in [-0.4, -0.2) is 9.97 Å². The Bertz CT molecular complexity index is 2020. The lowest BCUT2D eigenvalue weighted by atomic mass is 9.98. The molecule has 0 fully saturated rings. The molecule has 2 aliphatic rings. The van der Waals surface area contributed by atoms with E-state index in [4.69, 9.17) is 9.97 Å². The Balaban J connectivity index is 1.37. The molecule has 0 bridgehead atoms. The number of nitrogens with zero attached hydrogens (tertiary/aromatic N) is 2. The third-order valence-corrected chi connectivity index (χ3v) is 8.14. The Kier molecular flexibility index (Phi) is 10.9. The summed E-state index contributed by atoms with van der Waals surface area (Å²) in [6, 6.07) is 17.3. The van der Waals surface area contributed by atoms with Gasteiger partial charge in [0, 0.05) is 17.8 Å². The fourth-order valence-electron chi connectivity index (χ4n) is 5.68. The molecule has 2 nitrogen and oxygen atoms in total. The van der Waals surface area contributed by atoms with Gasteiger partial charge in [-0.1, -0.05) is 153 Å². The molecular weight excluding hydrogens is 544 g/mol. The molecule has 0 saturated heterocycles. The van der Waals surface area contributed by atoms with Gasteiger partial charge in [0.05, 0.1) is 16.4 Å². The van der Waals surface area contributed by atoms with Crippen molar-refractivity contribution in [3.63, 3.8) is 0 Å². The van der Waals surface area contributed by atoms with Crippen molar-refractivity contribution in [2.75, 3.05) is 0 Å². The van der Waals surface area contributed by atoms with Crippen molar-refractivity contribution in [3.8, 4) is 0 Å². The number of hydrogen-bond acceptors (Lipinski definition) is 2. The second-order valence-electron chi connectivity index (χ2n) is 11.4. The Morgan fingerprint density at radius 2 is 1.76 bits per heavy atom. The van der Waals surface area contributed by atoms with Crippen molar-refractivity contribution in [1.29, 1.82) is 0 Å². The molecule has 3 aromatic rings. The molecule has 45 heavy (non-hydrogen) atoms. The number of hydrogen-bond donors (Lipinski definition) is 0. The normalized spacial score (nSPS) is 16.5. The second-order valence-corrected chi connectivity index (χ2v) is 11.4. The maximum atomic E-state index is 4.93. The molecule has 224 valence electrons. The van der Waals surface area contributed by atoms with Gasteiger partial charge >= 0.3 is 0 Å². The maximum absolute atomic E-state index is 4.93. The summed E-state index contributed by atoms with van der Waals surface area (Å²) in [5, 5.41) is 3.84. The summed E-state index contributed by atoms with van der Waals surface area (Å²) in [7, 11) is 0. The van der Waals surface area contributed by atoms with Crippen LogP contribution < -0.4 is 10.6 Å². The Hall–Kier alpha value is -5.08. The van der Waals surface area contributed by atoms with Crippen molar-refractivity contribution in [2.45, 2.75) is 46.0 Å². The van der Waals surface area contributed by atoms with Gasteiger partial charge in [-0.2, -0.15) is 0 Å². The van der Waals surface area contributed by atoms with Gasteiger partial charge in [0.1, 0.15) is 0 Å². The summed E-state index contributed by atoms with van der Waals surface area (Å²) in [4.78, 5) is 9.83. The fraction of sp³-hybridized carbons (Fsp3) is 0.163. The lowest BCUT2D eigenvalue weighted by molar-refractivity contribution is 0.976. The van der Waals surface area contributed by atoms with E-state index in [0.29, 0.717) is 11.8 Å². The second kappa shape index (κ2) is 15.6. The molecule has 0 N–H and O–H groups in total. The Morgan fingerprint density at radius 1 is 0.911 bits per heavy atom. The fourth-order valence-corrected chi connectivity index (χ4v) is 5.68. The van der Waals surface area contributed by atoms with Gasteiger partial charge in [-0.25, -0.2) is 4.98 Å². The van der Waals surface area contributed by atoms with E-state index >= 15 is 0 Å². The summed E-state index contributed by atoms with van der Waals surface area (Å²) in [6.45, 7) is 12.4. The van der Waals surface area contributed by atoms with Crippen LogP contribution in [0.15, 0.2) is 151 Å².